The number of nitrogens with one attached hydrogen (secondary N) is 3. The molecule has 2 heterocycles. The number of anilines is 3. The maximum absolute atomic E-state index is 11.6. The van der Waals surface area contributed by atoms with Crippen molar-refractivity contribution in [1.29, 1.82) is 0 Å². The van der Waals surface area contributed by atoms with Crippen LogP contribution in [0.15, 0.2) is 42.6 Å². The van der Waals surface area contributed by atoms with E-state index in [-0.39, 0.29) is 6.03 Å². The van der Waals surface area contributed by atoms with Crippen LogP contribution in [0.25, 0.3) is 11.2 Å². The molecule has 0 saturated heterocycles. The van der Waals surface area contributed by atoms with E-state index in [9.17, 15) is 4.79 Å². The minimum atomic E-state index is -0.310. The van der Waals surface area contributed by atoms with Crippen molar-refractivity contribution in [3.63, 3.8) is 0 Å². The number of carbonyl (C=O) groups excluding carboxylic acids is 1. The predicted molar refractivity (Wildman–Crippen MR) is 96.3 cm³/mol. The monoisotopic (exact) mass is 338 g/mol. The first-order chi connectivity index (χ1) is 12.2. The molecule has 0 spiro atoms. The summed E-state index contributed by atoms with van der Waals surface area (Å²) in [7, 11) is 1.62. The molecule has 8 nitrogen and oxygen atoms in total. The van der Waals surface area contributed by atoms with Crippen molar-refractivity contribution in [3.05, 3.63) is 42.6 Å². The van der Waals surface area contributed by atoms with Crippen molar-refractivity contribution in [2.45, 2.75) is 6.92 Å². The third kappa shape index (κ3) is 4.11. The Kier molecular flexibility index (Phi) is 4.89. The molecule has 1 aromatic carbocycles. The Morgan fingerprint density at radius 1 is 1.08 bits per heavy atom. The van der Waals surface area contributed by atoms with Crippen molar-refractivity contribution in [1.82, 2.24) is 20.3 Å². The summed E-state index contributed by atoms with van der Waals surface area (Å²) in [5.41, 5.74) is 1.93. The van der Waals surface area contributed by atoms with Gasteiger partial charge in [-0.1, -0.05) is 0 Å². The molecule has 0 saturated carbocycles. The fourth-order valence-electron chi connectivity index (χ4n) is 2.17. The summed E-state index contributed by atoms with van der Waals surface area (Å²) < 4.78 is 5.13. The van der Waals surface area contributed by atoms with Gasteiger partial charge in [0.1, 0.15) is 17.1 Å². The molecule has 0 aliphatic heterocycles. The van der Waals surface area contributed by atoms with Crippen LogP contribution in [-0.2, 0) is 0 Å². The van der Waals surface area contributed by atoms with Crippen LogP contribution >= 0.6 is 0 Å². The van der Waals surface area contributed by atoms with Gasteiger partial charge in [0.15, 0.2) is 11.5 Å². The number of nitrogens with zero attached hydrogens (tertiary/aromatic N) is 3. The Morgan fingerprint density at radius 3 is 2.56 bits per heavy atom. The number of amides is 2. The zero-order chi connectivity index (χ0) is 17.6. The molecule has 0 fully saturated rings. The molecular weight excluding hydrogens is 320 g/mol. The molecule has 3 rings (SSSR count). The second-order valence-corrected chi connectivity index (χ2v) is 5.13. The highest BCUT2D eigenvalue weighted by molar-refractivity contribution is 5.89. The molecule has 0 aliphatic carbocycles. The second-order valence-electron chi connectivity index (χ2n) is 5.13. The highest BCUT2D eigenvalue weighted by Gasteiger charge is 2.06. The summed E-state index contributed by atoms with van der Waals surface area (Å²) in [5, 5.41) is 8.46. The number of methoxy groups -OCH3 is 1. The van der Waals surface area contributed by atoms with E-state index in [0.29, 0.717) is 29.3 Å². The van der Waals surface area contributed by atoms with Gasteiger partial charge in [-0.05, 0) is 43.3 Å². The summed E-state index contributed by atoms with van der Waals surface area (Å²) in [5.74, 6) is 1.74. The molecule has 0 radical (unpaired) electrons. The van der Waals surface area contributed by atoms with Crippen molar-refractivity contribution >= 4 is 34.5 Å². The van der Waals surface area contributed by atoms with Gasteiger partial charge >= 0.3 is 6.03 Å². The Labute approximate surface area is 144 Å². The highest BCUT2D eigenvalue weighted by Crippen LogP contribution is 2.20. The lowest BCUT2D eigenvalue weighted by atomic mass is 10.3. The molecule has 0 bridgehead atoms. The second kappa shape index (κ2) is 7.43. The summed E-state index contributed by atoms with van der Waals surface area (Å²) in [6.45, 7) is 2.38. The van der Waals surface area contributed by atoms with Gasteiger partial charge in [0.05, 0.1) is 13.3 Å². The fourth-order valence-corrected chi connectivity index (χ4v) is 2.17. The van der Waals surface area contributed by atoms with Gasteiger partial charge in [-0.2, -0.15) is 0 Å². The lowest BCUT2D eigenvalue weighted by Gasteiger charge is -2.08. The Bertz CT molecular complexity index is 882. The molecular formula is C17H18N6O2. The zero-order valence-corrected chi connectivity index (χ0v) is 13.9. The predicted octanol–water partition coefficient (Wildman–Crippen LogP) is 2.92. The van der Waals surface area contributed by atoms with Crippen LogP contribution in [0, 0.1) is 0 Å². The van der Waals surface area contributed by atoms with E-state index in [1.165, 1.54) is 0 Å². The first kappa shape index (κ1) is 16.4. The van der Waals surface area contributed by atoms with E-state index in [0.717, 1.165) is 11.4 Å². The Hall–Kier alpha value is -3.42. The van der Waals surface area contributed by atoms with Crippen LogP contribution in [0.1, 0.15) is 6.92 Å². The third-order valence-electron chi connectivity index (χ3n) is 3.35. The molecule has 3 aromatic rings. The van der Waals surface area contributed by atoms with Crippen LogP contribution < -0.4 is 20.7 Å². The number of hydrogen-bond acceptors (Lipinski definition) is 6. The smallest absolute Gasteiger partial charge is 0.320 e. The normalized spacial score (nSPS) is 10.3. The van der Waals surface area contributed by atoms with Crippen molar-refractivity contribution in [2.24, 2.45) is 0 Å². The Balaban J connectivity index is 1.80. The average molecular weight is 338 g/mol. The minimum absolute atomic E-state index is 0.310. The fraction of sp³-hybridized carbons (Fsp3) is 0.176. The number of hydrogen-bond donors (Lipinski definition) is 3. The summed E-state index contributed by atoms with van der Waals surface area (Å²) in [6.07, 6.45) is 1.63. The molecule has 128 valence electrons. The minimum Gasteiger partial charge on any atom is -0.497 e. The molecule has 0 unspecified atom stereocenters. The lowest BCUT2D eigenvalue weighted by molar-refractivity contribution is 0.252. The molecule has 25 heavy (non-hydrogen) atoms. The molecule has 8 heteroatoms. The average Bonchev–Trinajstić information content (AvgIpc) is 2.62. The highest BCUT2D eigenvalue weighted by atomic mass is 16.5. The number of urea groups is 1. The maximum atomic E-state index is 11.6. The third-order valence-corrected chi connectivity index (χ3v) is 3.35. The molecule has 0 aliphatic rings. The van der Waals surface area contributed by atoms with Crippen LogP contribution in [0.2, 0.25) is 0 Å². The number of fused-ring (bicyclic) bond motifs is 1. The van der Waals surface area contributed by atoms with E-state index in [1.54, 1.807) is 25.4 Å². The number of benzene rings is 1. The van der Waals surface area contributed by atoms with E-state index in [4.69, 9.17) is 4.74 Å². The van der Waals surface area contributed by atoms with Crippen LogP contribution in [0.3, 0.4) is 0 Å². The van der Waals surface area contributed by atoms with E-state index < -0.39 is 0 Å². The maximum Gasteiger partial charge on any atom is 0.320 e. The van der Waals surface area contributed by atoms with Gasteiger partial charge in [-0.25, -0.2) is 19.7 Å². The topological polar surface area (TPSA) is 101 Å². The first-order valence-electron chi connectivity index (χ1n) is 7.77. The van der Waals surface area contributed by atoms with E-state index in [2.05, 4.69) is 30.9 Å². The number of ether oxygens (including phenoxy) is 1. The lowest BCUT2D eigenvalue weighted by Crippen LogP contribution is -2.28. The van der Waals surface area contributed by atoms with Gasteiger partial charge in [-0.3, -0.25) is 5.32 Å². The first-order valence-corrected chi connectivity index (χ1v) is 7.77. The number of aromatic nitrogens is 3. The zero-order valence-electron chi connectivity index (χ0n) is 13.9. The standard InChI is InChI=1S/C17H18N6O2/c1-3-18-17(24)23-14-9-8-13-16(21-14)22-15(10-19-13)20-11-4-6-12(25-2)7-5-11/h4-10H,3H2,1-2H3,(H3,18,20,21,22,23,24). The number of rotatable bonds is 5. The van der Waals surface area contributed by atoms with Gasteiger partial charge in [0.25, 0.3) is 0 Å². The molecule has 3 N–H and O–H groups in total. The Morgan fingerprint density at radius 2 is 1.84 bits per heavy atom. The molecule has 2 amide bonds. The van der Waals surface area contributed by atoms with Crippen LogP contribution in [0.4, 0.5) is 22.1 Å². The van der Waals surface area contributed by atoms with Crippen molar-refractivity contribution < 1.29 is 9.53 Å². The molecule has 2 aromatic heterocycles. The summed E-state index contributed by atoms with van der Waals surface area (Å²) >= 11 is 0. The number of pyridine rings is 1. The van der Waals surface area contributed by atoms with Gasteiger partial charge in [0, 0.05) is 12.2 Å². The van der Waals surface area contributed by atoms with Gasteiger partial charge in [0.2, 0.25) is 0 Å². The molecule has 0 atom stereocenters. The van der Waals surface area contributed by atoms with Crippen LogP contribution in [0.5, 0.6) is 5.75 Å². The van der Waals surface area contributed by atoms with E-state index in [1.807, 2.05) is 31.2 Å². The van der Waals surface area contributed by atoms with Gasteiger partial charge in [-0.15, -0.1) is 0 Å². The largest absolute Gasteiger partial charge is 0.497 e. The van der Waals surface area contributed by atoms with Crippen molar-refractivity contribution in [2.75, 3.05) is 24.3 Å². The van der Waals surface area contributed by atoms with E-state index >= 15 is 0 Å². The van der Waals surface area contributed by atoms with Crippen molar-refractivity contribution in [3.8, 4) is 5.75 Å². The quantitative estimate of drug-likeness (QED) is 0.661. The summed E-state index contributed by atoms with van der Waals surface area (Å²) in [4.78, 5) is 24.7. The van der Waals surface area contributed by atoms with Crippen LogP contribution in [-0.4, -0.2) is 34.6 Å². The summed E-state index contributed by atoms with van der Waals surface area (Å²) in [6, 6.07) is 10.6. The SMILES string of the molecule is CCNC(=O)Nc1ccc2ncc(Nc3ccc(OC)cc3)nc2n1. The van der Waals surface area contributed by atoms with Gasteiger partial charge < -0.3 is 15.4 Å². The number of carbonyl (C=O) groups is 1.